The zero-order valence-electron chi connectivity index (χ0n) is 7.06. The van der Waals surface area contributed by atoms with Crippen LogP contribution in [0, 0.1) is 0 Å². The third-order valence-electron chi connectivity index (χ3n) is 1.34. The van der Waals surface area contributed by atoms with E-state index in [0.29, 0.717) is 0 Å². The minimum atomic E-state index is -0.360. The standard InChI is InChI=1S/C7H7F.C3H3NS/c8-6-7-4-2-1-3-5-7;1-2-5-3-4-1/h1-5H,6H2;1-3H. The van der Waals surface area contributed by atoms with Gasteiger partial charge in [0.25, 0.3) is 0 Å². The van der Waals surface area contributed by atoms with Crippen LogP contribution in [-0.2, 0) is 6.67 Å². The first-order valence-corrected chi connectivity index (χ1v) is 4.80. The van der Waals surface area contributed by atoms with Gasteiger partial charge in [-0.3, -0.25) is 4.98 Å². The highest BCUT2D eigenvalue weighted by Crippen LogP contribution is 1.98. The molecular formula is C10H10FNS. The number of thiazole rings is 1. The molecule has 1 aromatic heterocycles. The fraction of sp³-hybridized carbons (Fsp3) is 0.100. The van der Waals surface area contributed by atoms with Gasteiger partial charge in [-0.25, -0.2) is 4.39 Å². The molecule has 0 radical (unpaired) electrons. The van der Waals surface area contributed by atoms with E-state index in [9.17, 15) is 4.39 Å². The van der Waals surface area contributed by atoms with E-state index >= 15 is 0 Å². The smallest absolute Gasteiger partial charge is 0.115 e. The lowest BCUT2D eigenvalue weighted by Crippen LogP contribution is -1.72. The zero-order chi connectivity index (χ0) is 9.36. The van der Waals surface area contributed by atoms with E-state index in [1.165, 1.54) is 0 Å². The van der Waals surface area contributed by atoms with Crippen molar-refractivity contribution in [1.82, 2.24) is 4.98 Å². The Morgan fingerprint density at radius 1 is 1.23 bits per heavy atom. The third kappa shape index (κ3) is 4.38. The molecule has 1 aromatic carbocycles. The zero-order valence-corrected chi connectivity index (χ0v) is 7.88. The Balaban J connectivity index is 0.000000145. The molecule has 0 fully saturated rings. The number of aromatic nitrogens is 1. The highest BCUT2D eigenvalue weighted by molar-refractivity contribution is 7.07. The Bertz CT molecular complexity index is 277. The average Bonchev–Trinajstić information content (AvgIpc) is 2.77. The van der Waals surface area contributed by atoms with Crippen LogP contribution in [0.4, 0.5) is 4.39 Å². The molecule has 0 saturated heterocycles. The molecule has 0 unspecified atom stereocenters. The van der Waals surface area contributed by atoms with E-state index in [1.54, 1.807) is 35.2 Å². The molecule has 3 heteroatoms. The van der Waals surface area contributed by atoms with Crippen molar-refractivity contribution in [3.8, 4) is 0 Å². The van der Waals surface area contributed by atoms with Gasteiger partial charge in [0.1, 0.15) is 6.67 Å². The third-order valence-corrected chi connectivity index (χ3v) is 1.87. The van der Waals surface area contributed by atoms with Gasteiger partial charge in [-0.15, -0.1) is 11.3 Å². The second-order valence-electron chi connectivity index (χ2n) is 2.29. The summed E-state index contributed by atoms with van der Waals surface area (Å²) >= 11 is 1.60. The summed E-state index contributed by atoms with van der Waals surface area (Å²) in [4.78, 5) is 3.74. The van der Waals surface area contributed by atoms with Gasteiger partial charge >= 0.3 is 0 Å². The molecule has 2 aromatic rings. The lowest BCUT2D eigenvalue weighted by Gasteiger charge is -1.87. The van der Waals surface area contributed by atoms with E-state index in [-0.39, 0.29) is 6.67 Å². The van der Waals surface area contributed by atoms with Crippen molar-refractivity contribution in [3.05, 3.63) is 53.0 Å². The maximum absolute atomic E-state index is 11.7. The van der Waals surface area contributed by atoms with Gasteiger partial charge in [0.15, 0.2) is 0 Å². The van der Waals surface area contributed by atoms with Crippen molar-refractivity contribution < 1.29 is 4.39 Å². The van der Waals surface area contributed by atoms with Gasteiger partial charge in [0.2, 0.25) is 0 Å². The number of hydrogen-bond donors (Lipinski definition) is 0. The largest absolute Gasteiger partial charge is 0.253 e. The topological polar surface area (TPSA) is 12.9 Å². The second-order valence-corrected chi connectivity index (χ2v) is 3.05. The lowest BCUT2D eigenvalue weighted by molar-refractivity contribution is 0.485. The van der Waals surface area contributed by atoms with Gasteiger partial charge < -0.3 is 0 Å². The Morgan fingerprint density at radius 3 is 2.31 bits per heavy atom. The van der Waals surface area contributed by atoms with Crippen molar-refractivity contribution in [1.29, 1.82) is 0 Å². The molecule has 68 valence electrons. The molecule has 1 heterocycles. The van der Waals surface area contributed by atoms with Crippen LogP contribution < -0.4 is 0 Å². The van der Waals surface area contributed by atoms with Crippen LogP contribution in [0.2, 0.25) is 0 Å². The Hall–Kier alpha value is -1.22. The molecule has 0 aliphatic carbocycles. The summed E-state index contributed by atoms with van der Waals surface area (Å²) in [7, 11) is 0. The summed E-state index contributed by atoms with van der Waals surface area (Å²) in [5.41, 5.74) is 2.53. The van der Waals surface area contributed by atoms with Gasteiger partial charge in [0.05, 0.1) is 5.51 Å². The minimum absolute atomic E-state index is 0.360. The van der Waals surface area contributed by atoms with Crippen LogP contribution in [0.5, 0.6) is 0 Å². The molecule has 0 atom stereocenters. The summed E-state index contributed by atoms with van der Waals surface area (Å²) in [5, 5.41) is 1.93. The number of hydrogen-bond acceptors (Lipinski definition) is 2. The predicted molar refractivity (Wildman–Crippen MR) is 53.4 cm³/mol. The summed E-state index contributed by atoms with van der Waals surface area (Å²) in [5.74, 6) is 0. The van der Waals surface area contributed by atoms with E-state index in [0.717, 1.165) is 5.56 Å². The second kappa shape index (κ2) is 6.31. The quantitative estimate of drug-likeness (QED) is 0.680. The maximum atomic E-state index is 11.7. The summed E-state index contributed by atoms with van der Waals surface area (Å²) < 4.78 is 11.7. The first-order chi connectivity index (χ1) is 6.43. The van der Waals surface area contributed by atoms with E-state index < -0.39 is 0 Å². The maximum Gasteiger partial charge on any atom is 0.115 e. The molecule has 0 aliphatic heterocycles. The fourth-order valence-corrected chi connectivity index (χ4v) is 1.09. The van der Waals surface area contributed by atoms with Crippen LogP contribution in [-0.4, -0.2) is 4.98 Å². The van der Waals surface area contributed by atoms with Crippen LogP contribution in [0.1, 0.15) is 5.56 Å². The number of rotatable bonds is 1. The van der Waals surface area contributed by atoms with E-state index in [4.69, 9.17) is 0 Å². The molecule has 13 heavy (non-hydrogen) atoms. The monoisotopic (exact) mass is 195 g/mol. The number of alkyl halides is 1. The number of nitrogens with zero attached hydrogens (tertiary/aromatic N) is 1. The van der Waals surface area contributed by atoms with Crippen molar-refractivity contribution in [3.63, 3.8) is 0 Å². The van der Waals surface area contributed by atoms with Crippen molar-refractivity contribution in [2.45, 2.75) is 6.67 Å². The molecule has 0 saturated carbocycles. The molecule has 0 bridgehead atoms. The minimum Gasteiger partial charge on any atom is -0.253 e. The fourth-order valence-electron chi connectivity index (χ4n) is 0.743. The van der Waals surface area contributed by atoms with Crippen LogP contribution in [0.3, 0.4) is 0 Å². The first kappa shape index (κ1) is 9.86. The van der Waals surface area contributed by atoms with Crippen molar-refractivity contribution in [2.24, 2.45) is 0 Å². The molecule has 0 spiro atoms. The summed E-state index contributed by atoms with van der Waals surface area (Å²) in [6.07, 6.45) is 1.77. The molecular weight excluding hydrogens is 185 g/mol. The summed E-state index contributed by atoms with van der Waals surface area (Å²) in [6.45, 7) is -0.360. The van der Waals surface area contributed by atoms with Crippen molar-refractivity contribution >= 4 is 11.3 Å². The van der Waals surface area contributed by atoms with Crippen LogP contribution in [0.15, 0.2) is 47.4 Å². The molecule has 1 nitrogen and oxygen atoms in total. The van der Waals surface area contributed by atoms with Gasteiger partial charge in [0, 0.05) is 11.6 Å². The van der Waals surface area contributed by atoms with Crippen molar-refractivity contribution in [2.75, 3.05) is 0 Å². The molecule has 0 N–H and O–H groups in total. The van der Waals surface area contributed by atoms with Crippen LogP contribution in [0.25, 0.3) is 0 Å². The molecule has 2 rings (SSSR count). The van der Waals surface area contributed by atoms with E-state index in [2.05, 4.69) is 4.98 Å². The Kier molecular flexibility index (Phi) is 4.79. The SMILES string of the molecule is FCc1ccccc1.c1cscn1. The van der Waals surface area contributed by atoms with Gasteiger partial charge in [-0.1, -0.05) is 30.3 Å². The molecule has 0 aliphatic rings. The number of halogens is 1. The highest BCUT2D eigenvalue weighted by atomic mass is 32.1. The Morgan fingerprint density at radius 2 is 2.00 bits per heavy atom. The van der Waals surface area contributed by atoms with Gasteiger partial charge in [-0.2, -0.15) is 0 Å². The van der Waals surface area contributed by atoms with Crippen LogP contribution >= 0.6 is 11.3 Å². The normalized spacial score (nSPS) is 8.69. The predicted octanol–water partition coefficient (Wildman–Crippen LogP) is 3.30. The first-order valence-electron chi connectivity index (χ1n) is 3.85. The highest BCUT2D eigenvalue weighted by Gasteiger charge is 1.82. The lowest BCUT2D eigenvalue weighted by atomic mass is 10.2. The summed E-state index contributed by atoms with van der Waals surface area (Å²) in [6, 6.07) is 9.06. The average molecular weight is 195 g/mol. The van der Waals surface area contributed by atoms with E-state index in [1.807, 2.05) is 23.6 Å². The number of benzene rings is 1. The molecule has 0 amide bonds. The van der Waals surface area contributed by atoms with Gasteiger partial charge in [-0.05, 0) is 5.56 Å². The Labute approximate surface area is 80.9 Å².